The molecule has 2 N–H and O–H groups in total. The molecule has 0 fully saturated rings. The quantitative estimate of drug-likeness (QED) is 0.913. The lowest BCUT2D eigenvalue weighted by atomic mass is 10.1. The number of aromatic amines is 1. The number of halogens is 1. The number of nitrogens with one attached hydrogen (secondary N) is 2. The fourth-order valence-electron chi connectivity index (χ4n) is 1.75. The topological polar surface area (TPSA) is 62.0 Å². The molecule has 5 heteroatoms. The van der Waals surface area contributed by atoms with Crippen molar-refractivity contribution in [3.63, 3.8) is 0 Å². The Kier molecular flexibility index (Phi) is 4.16. The second kappa shape index (κ2) is 5.84. The number of aromatic nitrogens is 1. The second-order valence-electron chi connectivity index (χ2n) is 4.04. The minimum atomic E-state index is -0.324. The van der Waals surface area contributed by atoms with E-state index in [-0.39, 0.29) is 17.2 Å². The standard InChI is InChI=1S/C14H13BrN2O2/c1-2-9-8-10(15)6-7-11(9)17-14(19)12-4-3-5-13(18)16-12/h3-8H,2H2,1H3,(H,16,18)(H,17,19). The number of carbonyl (C=O) groups excluding carboxylic acids is 1. The summed E-state index contributed by atoms with van der Waals surface area (Å²) in [5.41, 5.74) is 1.73. The molecule has 0 aliphatic carbocycles. The molecule has 4 nitrogen and oxygen atoms in total. The fraction of sp³-hybridized carbons (Fsp3) is 0.143. The van der Waals surface area contributed by atoms with Gasteiger partial charge in [0.05, 0.1) is 0 Å². The third kappa shape index (κ3) is 3.32. The van der Waals surface area contributed by atoms with E-state index in [9.17, 15) is 9.59 Å². The first-order valence-electron chi connectivity index (χ1n) is 5.89. The van der Waals surface area contributed by atoms with Gasteiger partial charge in [0.1, 0.15) is 5.69 Å². The van der Waals surface area contributed by atoms with Crippen LogP contribution in [0.1, 0.15) is 23.0 Å². The van der Waals surface area contributed by atoms with E-state index in [1.165, 1.54) is 6.07 Å². The predicted molar refractivity (Wildman–Crippen MR) is 78.5 cm³/mol. The van der Waals surface area contributed by atoms with E-state index in [4.69, 9.17) is 0 Å². The van der Waals surface area contributed by atoms with E-state index in [2.05, 4.69) is 26.2 Å². The van der Waals surface area contributed by atoms with Crippen LogP contribution in [0.2, 0.25) is 0 Å². The van der Waals surface area contributed by atoms with Crippen LogP contribution in [0.25, 0.3) is 0 Å². The maximum atomic E-state index is 12.0. The lowest BCUT2D eigenvalue weighted by Crippen LogP contribution is -2.18. The van der Waals surface area contributed by atoms with Crippen LogP contribution < -0.4 is 10.9 Å². The van der Waals surface area contributed by atoms with Crippen molar-refractivity contribution in [2.24, 2.45) is 0 Å². The lowest BCUT2D eigenvalue weighted by molar-refractivity contribution is 0.102. The molecule has 0 aliphatic rings. The highest BCUT2D eigenvalue weighted by atomic mass is 79.9. The van der Waals surface area contributed by atoms with Gasteiger partial charge in [-0.05, 0) is 36.2 Å². The van der Waals surface area contributed by atoms with Gasteiger partial charge in [-0.15, -0.1) is 0 Å². The van der Waals surface area contributed by atoms with Crippen molar-refractivity contribution in [1.29, 1.82) is 0 Å². The van der Waals surface area contributed by atoms with E-state index in [0.29, 0.717) is 0 Å². The first-order valence-corrected chi connectivity index (χ1v) is 6.68. The molecule has 1 amide bonds. The number of amides is 1. The highest BCUT2D eigenvalue weighted by molar-refractivity contribution is 9.10. The number of hydrogen-bond acceptors (Lipinski definition) is 2. The lowest BCUT2D eigenvalue weighted by Gasteiger charge is -2.10. The van der Waals surface area contributed by atoms with Gasteiger partial charge in [0.15, 0.2) is 0 Å². The van der Waals surface area contributed by atoms with Crippen molar-refractivity contribution < 1.29 is 4.79 Å². The highest BCUT2D eigenvalue weighted by Crippen LogP contribution is 2.21. The molecule has 0 atom stereocenters. The summed E-state index contributed by atoms with van der Waals surface area (Å²) >= 11 is 3.40. The van der Waals surface area contributed by atoms with Gasteiger partial charge in [0, 0.05) is 16.2 Å². The molecule has 0 aliphatic heterocycles. The molecular weight excluding hydrogens is 308 g/mol. The monoisotopic (exact) mass is 320 g/mol. The van der Waals surface area contributed by atoms with Crippen molar-refractivity contribution in [2.45, 2.75) is 13.3 Å². The van der Waals surface area contributed by atoms with Gasteiger partial charge in [-0.25, -0.2) is 0 Å². The molecule has 1 aromatic carbocycles. The number of anilines is 1. The summed E-state index contributed by atoms with van der Waals surface area (Å²) in [6.45, 7) is 2.02. The molecule has 0 spiro atoms. The Morgan fingerprint density at radius 1 is 1.32 bits per heavy atom. The van der Waals surface area contributed by atoms with Gasteiger partial charge in [-0.1, -0.05) is 28.9 Å². The molecule has 1 aromatic heterocycles. The summed E-state index contributed by atoms with van der Waals surface area (Å²) in [7, 11) is 0. The third-order valence-corrected chi connectivity index (χ3v) is 3.20. The van der Waals surface area contributed by atoms with Crippen molar-refractivity contribution in [1.82, 2.24) is 4.98 Å². The summed E-state index contributed by atoms with van der Waals surface area (Å²) < 4.78 is 0.968. The minimum Gasteiger partial charge on any atom is -0.320 e. The van der Waals surface area contributed by atoms with Crippen LogP contribution in [-0.4, -0.2) is 10.9 Å². The van der Waals surface area contributed by atoms with Crippen LogP contribution in [0.3, 0.4) is 0 Å². The van der Waals surface area contributed by atoms with Crippen molar-refractivity contribution in [2.75, 3.05) is 5.32 Å². The van der Waals surface area contributed by atoms with Gasteiger partial charge < -0.3 is 10.3 Å². The van der Waals surface area contributed by atoms with Gasteiger partial charge in [0.25, 0.3) is 5.91 Å². The molecule has 0 saturated carbocycles. The molecular formula is C14H13BrN2O2. The van der Waals surface area contributed by atoms with E-state index in [1.807, 2.05) is 25.1 Å². The number of aryl methyl sites for hydroxylation is 1. The Bertz CT molecular complexity index is 664. The third-order valence-electron chi connectivity index (χ3n) is 2.71. The highest BCUT2D eigenvalue weighted by Gasteiger charge is 2.09. The maximum absolute atomic E-state index is 12.0. The van der Waals surface area contributed by atoms with Gasteiger partial charge in [-0.2, -0.15) is 0 Å². The largest absolute Gasteiger partial charge is 0.320 e. The first-order chi connectivity index (χ1) is 9.10. The summed E-state index contributed by atoms with van der Waals surface area (Å²) in [4.78, 5) is 25.7. The molecule has 1 heterocycles. The molecule has 0 saturated heterocycles. The Labute approximate surface area is 119 Å². The minimum absolute atomic E-state index is 0.248. The van der Waals surface area contributed by atoms with Crippen molar-refractivity contribution in [3.05, 3.63) is 62.5 Å². The molecule has 2 aromatic rings. The maximum Gasteiger partial charge on any atom is 0.272 e. The number of H-pyrrole nitrogens is 1. The Balaban J connectivity index is 2.26. The number of pyridine rings is 1. The molecule has 19 heavy (non-hydrogen) atoms. The van der Waals surface area contributed by atoms with Crippen LogP contribution >= 0.6 is 15.9 Å². The smallest absolute Gasteiger partial charge is 0.272 e. The van der Waals surface area contributed by atoms with E-state index in [1.54, 1.807) is 12.1 Å². The summed E-state index contributed by atoms with van der Waals surface area (Å²) in [6.07, 6.45) is 0.806. The molecule has 2 rings (SSSR count). The van der Waals surface area contributed by atoms with Crippen molar-refractivity contribution in [3.8, 4) is 0 Å². The first kappa shape index (κ1) is 13.5. The summed E-state index contributed by atoms with van der Waals surface area (Å²) in [5.74, 6) is -0.324. The Morgan fingerprint density at radius 3 is 2.79 bits per heavy atom. The molecule has 0 radical (unpaired) electrons. The number of rotatable bonds is 3. The van der Waals surface area contributed by atoms with E-state index < -0.39 is 0 Å². The predicted octanol–water partition coefficient (Wildman–Crippen LogP) is 2.95. The summed E-state index contributed by atoms with van der Waals surface area (Å²) in [6, 6.07) is 10.2. The van der Waals surface area contributed by atoms with Crippen LogP contribution in [0.5, 0.6) is 0 Å². The molecule has 0 bridgehead atoms. The normalized spacial score (nSPS) is 10.2. The zero-order valence-corrected chi connectivity index (χ0v) is 12.0. The Morgan fingerprint density at radius 2 is 2.11 bits per heavy atom. The summed E-state index contributed by atoms with van der Waals surface area (Å²) in [5, 5.41) is 2.80. The SMILES string of the molecule is CCc1cc(Br)ccc1NC(=O)c1cccc(=O)[nH]1. The van der Waals surface area contributed by atoms with Gasteiger partial charge >= 0.3 is 0 Å². The number of hydrogen-bond donors (Lipinski definition) is 2. The van der Waals surface area contributed by atoms with Gasteiger partial charge in [0.2, 0.25) is 5.56 Å². The van der Waals surface area contributed by atoms with Gasteiger partial charge in [-0.3, -0.25) is 9.59 Å². The van der Waals surface area contributed by atoms with E-state index >= 15 is 0 Å². The average molecular weight is 321 g/mol. The number of benzene rings is 1. The van der Waals surface area contributed by atoms with Crippen LogP contribution in [0.15, 0.2) is 45.7 Å². The van der Waals surface area contributed by atoms with Crippen LogP contribution in [0, 0.1) is 0 Å². The Hall–Kier alpha value is -1.88. The average Bonchev–Trinajstić information content (AvgIpc) is 2.40. The second-order valence-corrected chi connectivity index (χ2v) is 4.95. The van der Waals surface area contributed by atoms with E-state index in [0.717, 1.165) is 22.1 Å². The van der Waals surface area contributed by atoms with Crippen molar-refractivity contribution >= 4 is 27.5 Å². The van der Waals surface area contributed by atoms with Crippen LogP contribution in [0.4, 0.5) is 5.69 Å². The zero-order valence-electron chi connectivity index (χ0n) is 10.4. The van der Waals surface area contributed by atoms with Crippen LogP contribution in [-0.2, 0) is 6.42 Å². The number of carbonyl (C=O) groups is 1. The molecule has 98 valence electrons. The molecule has 0 unspecified atom stereocenters. The fourth-order valence-corrected chi connectivity index (χ4v) is 2.16. The zero-order chi connectivity index (χ0) is 13.8.